The van der Waals surface area contributed by atoms with Crippen molar-refractivity contribution in [2.75, 3.05) is 0 Å². The highest BCUT2D eigenvalue weighted by Crippen LogP contribution is 2.09. The normalized spacial score (nSPS) is 10.1. The zero-order chi connectivity index (χ0) is 14.5. The molecule has 1 amide bonds. The molecule has 1 aromatic carbocycles. The molecule has 102 valence electrons. The number of carbonyl (C=O) groups is 2. The number of amides is 1. The summed E-state index contributed by atoms with van der Waals surface area (Å²) < 4.78 is 13.1. The van der Waals surface area contributed by atoms with Gasteiger partial charge in [0.1, 0.15) is 23.5 Å². The SMILES string of the molecule is Cc1cc(CNC(=O)c2cc(C=O)ncn2)ccc1F. The molecule has 0 saturated heterocycles. The molecule has 0 radical (unpaired) electrons. The molecule has 0 aliphatic heterocycles. The number of nitrogens with one attached hydrogen (secondary N) is 1. The topological polar surface area (TPSA) is 72.0 Å². The van der Waals surface area contributed by atoms with E-state index >= 15 is 0 Å². The molecular formula is C14H12FN3O2. The summed E-state index contributed by atoms with van der Waals surface area (Å²) in [6.07, 6.45) is 1.70. The first-order chi connectivity index (χ1) is 9.60. The molecular weight excluding hydrogens is 261 g/mol. The quantitative estimate of drug-likeness (QED) is 0.860. The van der Waals surface area contributed by atoms with E-state index in [4.69, 9.17) is 0 Å². The third-order valence-electron chi connectivity index (χ3n) is 2.72. The molecule has 0 saturated carbocycles. The van der Waals surface area contributed by atoms with Gasteiger partial charge in [-0.3, -0.25) is 9.59 Å². The lowest BCUT2D eigenvalue weighted by Gasteiger charge is -2.06. The first-order valence-electron chi connectivity index (χ1n) is 5.90. The number of benzene rings is 1. The van der Waals surface area contributed by atoms with Crippen LogP contribution in [0.4, 0.5) is 4.39 Å². The van der Waals surface area contributed by atoms with Crippen LogP contribution >= 0.6 is 0 Å². The van der Waals surface area contributed by atoms with E-state index in [0.717, 1.165) is 11.9 Å². The number of aldehydes is 1. The number of rotatable bonds is 4. The smallest absolute Gasteiger partial charge is 0.270 e. The predicted octanol–water partition coefficient (Wildman–Crippen LogP) is 1.67. The van der Waals surface area contributed by atoms with Crippen LogP contribution in [0.3, 0.4) is 0 Å². The lowest BCUT2D eigenvalue weighted by Crippen LogP contribution is -2.24. The largest absolute Gasteiger partial charge is 0.347 e. The summed E-state index contributed by atoms with van der Waals surface area (Å²) in [5.41, 5.74) is 1.55. The van der Waals surface area contributed by atoms with Gasteiger partial charge in [-0.2, -0.15) is 0 Å². The molecule has 2 aromatic rings. The van der Waals surface area contributed by atoms with Crippen LogP contribution in [0.15, 0.2) is 30.6 Å². The molecule has 20 heavy (non-hydrogen) atoms. The Morgan fingerprint density at radius 1 is 1.35 bits per heavy atom. The second-order valence-corrected chi connectivity index (χ2v) is 4.21. The van der Waals surface area contributed by atoms with E-state index in [1.54, 1.807) is 19.1 Å². The fourth-order valence-corrected chi connectivity index (χ4v) is 1.65. The van der Waals surface area contributed by atoms with Crippen LogP contribution in [-0.4, -0.2) is 22.2 Å². The average molecular weight is 273 g/mol. The number of hydrogen-bond acceptors (Lipinski definition) is 4. The van der Waals surface area contributed by atoms with Gasteiger partial charge in [-0.25, -0.2) is 14.4 Å². The number of halogens is 1. The fraction of sp³-hybridized carbons (Fsp3) is 0.143. The molecule has 6 heteroatoms. The predicted molar refractivity (Wildman–Crippen MR) is 69.7 cm³/mol. The monoisotopic (exact) mass is 273 g/mol. The van der Waals surface area contributed by atoms with Gasteiger partial charge in [-0.1, -0.05) is 12.1 Å². The molecule has 0 aliphatic rings. The van der Waals surface area contributed by atoms with Crippen LogP contribution in [0, 0.1) is 12.7 Å². The van der Waals surface area contributed by atoms with Crippen LogP contribution in [0.5, 0.6) is 0 Å². The van der Waals surface area contributed by atoms with E-state index in [9.17, 15) is 14.0 Å². The number of hydrogen-bond donors (Lipinski definition) is 1. The molecule has 0 fully saturated rings. The Kier molecular flexibility index (Phi) is 4.14. The molecule has 0 spiro atoms. The Bertz CT molecular complexity index is 659. The van der Waals surface area contributed by atoms with Crippen molar-refractivity contribution in [3.63, 3.8) is 0 Å². The highest BCUT2D eigenvalue weighted by atomic mass is 19.1. The Labute approximate surface area is 114 Å². The van der Waals surface area contributed by atoms with E-state index in [-0.39, 0.29) is 23.7 Å². The van der Waals surface area contributed by atoms with Crippen molar-refractivity contribution >= 4 is 12.2 Å². The molecule has 1 heterocycles. The van der Waals surface area contributed by atoms with Gasteiger partial charge in [-0.15, -0.1) is 0 Å². The number of aryl methyl sites for hydroxylation is 1. The lowest BCUT2D eigenvalue weighted by atomic mass is 10.1. The van der Waals surface area contributed by atoms with Gasteiger partial charge >= 0.3 is 0 Å². The van der Waals surface area contributed by atoms with Crippen LogP contribution in [0.25, 0.3) is 0 Å². The van der Waals surface area contributed by atoms with Crippen LogP contribution < -0.4 is 5.32 Å². The second kappa shape index (κ2) is 6.01. The summed E-state index contributed by atoms with van der Waals surface area (Å²) in [7, 11) is 0. The van der Waals surface area contributed by atoms with E-state index in [2.05, 4.69) is 15.3 Å². The zero-order valence-electron chi connectivity index (χ0n) is 10.8. The zero-order valence-corrected chi connectivity index (χ0v) is 10.8. The summed E-state index contributed by atoms with van der Waals surface area (Å²) in [4.78, 5) is 29.9. The summed E-state index contributed by atoms with van der Waals surface area (Å²) in [5.74, 6) is -0.705. The molecule has 2 rings (SSSR count). The van der Waals surface area contributed by atoms with Crippen molar-refractivity contribution in [1.82, 2.24) is 15.3 Å². The Hall–Kier alpha value is -2.63. The third-order valence-corrected chi connectivity index (χ3v) is 2.72. The van der Waals surface area contributed by atoms with Gasteiger partial charge in [-0.05, 0) is 30.2 Å². The summed E-state index contributed by atoms with van der Waals surface area (Å²) >= 11 is 0. The van der Waals surface area contributed by atoms with Gasteiger partial charge in [0.2, 0.25) is 0 Å². The first-order valence-corrected chi connectivity index (χ1v) is 5.90. The van der Waals surface area contributed by atoms with E-state index in [1.165, 1.54) is 12.1 Å². The lowest BCUT2D eigenvalue weighted by molar-refractivity contribution is 0.0945. The van der Waals surface area contributed by atoms with Crippen LogP contribution in [0.2, 0.25) is 0 Å². The molecule has 0 aliphatic carbocycles. The van der Waals surface area contributed by atoms with Crippen molar-refractivity contribution < 1.29 is 14.0 Å². The van der Waals surface area contributed by atoms with E-state index in [0.29, 0.717) is 11.8 Å². The van der Waals surface area contributed by atoms with Gasteiger partial charge < -0.3 is 5.32 Å². The third kappa shape index (κ3) is 3.23. The fourth-order valence-electron chi connectivity index (χ4n) is 1.65. The molecule has 0 atom stereocenters. The molecule has 5 nitrogen and oxygen atoms in total. The average Bonchev–Trinajstić information content (AvgIpc) is 2.48. The molecule has 0 unspecified atom stereocenters. The Balaban J connectivity index is 2.04. The molecule has 1 aromatic heterocycles. The van der Waals surface area contributed by atoms with Gasteiger partial charge in [0.25, 0.3) is 5.91 Å². The highest BCUT2D eigenvalue weighted by molar-refractivity contribution is 5.93. The van der Waals surface area contributed by atoms with Crippen molar-refractivity contribution in [2.45, 2.75) is 13.5 Å². The maximum Gasteiger partial charge on any atom is 0.270 e. The van der Waals surface area contributed by atoms with Crippen molar-refractivity contribution in [2.24, 2.45) is 0 Å². The van der Waals surface area contributed by atoms with E-state index in [1.807, 2.05) is 0 Å². The van der Waals surface area contributed by atoms with Crippen LogP contribution in [0.1, 0.15) is 32.1 Å². The summed E-state index contributed by atoms with van der Waals surface area (Å²) in [5, 5.41) is 2.65. The first kappa shape index (κ1) is 13.8. The number of nitrogens with zero attached hydrogens (tertiary/aromatic N) is 2. The molecule has 1 N–H and O–H groups in total. The maximum absolute atomic E-state index is 13.1. The molecule has 0 bridgehead atoms. The van der Waals surface area contributed by atoms with Crippen LogP contribution in [-0.2, 0) is 6.54 Å². The maximum atomic E-state index is 13.1. The summed E-state index contributed by atoms with van der Waals surface area (Å²) in [6.45, 7) is 1.90. The van der Waals surface area contributed by atoms with Gasteiger partial charge in [0.15, 0.2) is 6.29 Å². The minimum absolute atomic E-state index is 0.112. The van der Waals surface area contributed by atoms with E-state index < -0.39 is 5.91 Å². The number of aromatic nitrogens is 2. The summed E-state index contributed by atoms with van der Waals surface area (Å²) in [6, 6.07) is 5.91. The van der Waals surface area contributed by atoms with Gasteiger partial charge in [0, 0.05) is 6.54 Å². The Morgan fingerprint density at radius 3 is 2.85 bits per heavy atom. The number of carbonyl (C=O) groups excluding carboxylic acids is 2. The van der Waals surface area contributed by atoms with Gasteiger partial charge in [0.05, 0.1) is 0 Å². The minimum Gasteiger partial charge on any atom is -0.347 e. The van der Waals surface area contributed by atoms with Crippen molar-refractivity contribution in [1.29, 1.82) is 0 Å². The van der Waals surface area contributed by atoms with Crippen molar-refractivity contribution in [3.05, 3.63) is 58.9 Å². The van der Waals surface area contributed by atoms with Crippen molar-refractivity contribution in [3.8, 4) is 0 Å². The standard InChI is InChI=1S/C14H12FN3O2/c1-9-4-10(2-3-12(9)15)6-16-14(20)13-5-11(7-19)17-8-18-13/h2-5,7-8H,6H2,1H3,(H,16,20). The Morgan fingerprint density at radius 2 is 2.15 bits per heavy atom. The highest BCUT2D eigenvalue weighted by Gasteiger charge is 2.08. The second-order valence-electron chi connectivity index (χ2n) is 4.21. The minimum atomic E-state index is -0.419.